The van der Waals surface area contributed by atoms with Crippen molar-refractivity contribution in [1.29, 1.82) is 0 Å². The zero-order chi connectivity index (χ0) is 20.0. The van der Waals surface area contributed by atoms with Crippen LogP contribution in [0.25, 0.3) is 0 Å². The quantitative estimate of drug-likeness (QED) is 0.318. The highest BCUT2D eigenvalue weighted by Crippen LogP contribution is 2.14. The maximum atomic E-state index is 5.46. The molecule has 0 fully saturated rings. The topological polar surface area (TPSA) is 52.8 Å². The summed E-state index contributed by atoms with van der Waals surface area (Å²) in [6.07, 6.45) is 6.28. The Morgan fingerprint density at radius 1 is 1.07 bits per heavy atom. The van der Waals surface area contributed by atoms with Crippen molar-refractivity contribution in [2.75, 3.05) is 32.1 Å². The fourth-order valence-corrected chi connectivity index (χ4v) is 3.46. The number of hydrogen-bond donors (Lipinski definition) is 2. The van der Waals surface area contributed by atoms with Crippen LogP contribution in [-0.4, -0.2) is 43.0 Å². The normalized spacial score (nSPS) is 11.8. The zero-order valence-corrected chi connectivity index (χ0v) is 18.2. The molecule has 0 atom stereocenters. The Balaban J connectivity index is 1.92. The predicted molar refractivity (Wildman–Crippen MR) is 121 cm³/mol. The van der Waals surface area contributed by atoms with Crippen molar-refractivity contribution in [3.63, 3.8) is 0 Å². The van der Waals surface area contributed by atoms with Crippen molar-refractivity contribution in [3.8, 4) is 0 Å². The molecule has 0 unspecified atom stereocenters. The molecule has 2 rings (SSSR count). The molecule has 0 amide bonds. The summed E-state index contributed by atoms with van der Waals surface area (Å²) in [5.74, 6) is 3.09. The van der Waals surface area contributed by atoms with Crippen LogP contribution < -0.4 is 10.6 Å². The van der Waals surface area contributed by atoms with Gasteiger partial charge < -0.3 is 15.1 Å². The molecule has 28 heavy (non-hydrogen) atoms. The van der Waals surface area contributed by atoms with Crippen molar-refractivity contribution < 1.29 is 4.42 Å². The second-order valence-corrected chi connectivity index (χ2v) is 7.83. The van der Waals surface area contributed by atoms with E-state index in [0.29, 0.717) is 6.54 Å². The predicted octanol–water partition coefficient (Wildman–Crippen LogP) is 4.11. The molecule has 6 heteroatoms. The van der Waals surface area contributed by atoms with Gasteiger partial charge in [-0.2, -0.15) is 11.8 Å². The molecule has 0 aliphatic heterocycles. The molecule has 1 aromatic carbocycles. The van der Waals surface area contributed by atoms with Crippen molar-refractivity contribution in [2.24, 2.45) is 4.99 Å². The lowest BCUT2D eigenvalue weighted by Crippen LogP contribution is -2.37. The highest BCUT2D eigenvalue weighted by atomic mass is 32.2. The third-order valence-electron chi connectivity index (χ3n) is 4.38. The fraction of sp³-hybridized carbons (Fsp3) is 0.500. The first kappa shape index (κ1) is 22.4. The summed E-state index contributed by atoms with van der Waals surface area (Å²) in [6.45, 7) is 6.26. The first-order valence-corrected chi connectivity index (χ1v) is 11.4. The first-order valence-electron chi connectivity index (χ1n) is 10.0. The lowest BCUT2D eigenvalue weighted by molar-refractivity contribution is 0.287. The van der Waals surface area contributed by atoms with Gasteiger partial charge in [0.1, 0.15) is 5.76 Å². The third-order valence-corrected chi connectivity index (χ3v) is 5.08. The van der Waals surface area contributed by atoms with E-state index < -0.39 is 0 Å². The summed E-state index contributed by atoms with van der Waals surface area (Å²) >= 11 is 1.90. The third kappa shape index (κ3) is 8.40. The number of hydrogen-bond acceptors (Lipinski definition) is 4. The summed E-state index contributed by atoms with van der Waals surface area (Å²) < 4.78 is 5.46. The van der Waals surface area contributed by atoms with Crippen LogP contribution in [0.2, 0.25) is 0 Å². The van der Waals surface area contributed by atoms with E-state index in [-0.39, 0.29) is 0 Å². The number of unbranched alkanes of at least 4 members (excludes halogenated alkanes) is 1. The summed E-state index contributed by atoms with van der Waals surface area (Å²) in [6, 6.07) is 12.5. The minimum Gasteiger partial charge on any atom is -0.468 e. The van der Waals surface area contributed by atoms with Crippen LogP contribution in [0.3, 0.4) is 0 Å². The number of benzene rings is 1. The SMILES string of the molecule is CCNC(=NCc1ccccc1CN(C)Cc1ccco1)NCCCCSC. The minimum absolute atomic E-state index is 0.672. The van der Waals surface area contributed by atoms with E-state index >= 15 is 0 Å². The van der Waals surface area contributed by atoms with Gasteiger partial charge in [0, 0.05) is 19.6 Å². The minimum atomic E-state index is 0.672. The molecular formula is C22H34N4OS. The van der Waals surface area contributed by atoms with Gasteiger partial charge in [-0.15, -0.1) is 0 Å². The molecule has 0 saturated heterocycles. The van der Waals surface area contributed by atoms with E-state index in [1.54, 1.807) is 6.26 Å². The number of thioether (sulfide) groups is 1. The van der Waals surface area contributed by atoms with E-state index in [0.717, 1.165) is 37.9 Å². The van der Waals surface area contributed by atoms with Gasteiger partial charge in [-0.3, -0.25) is 4.90 Å². The van der Waals surface area contributed by atoms with Crippen LogP contribution >= 0.6 is 11.8 Å². The van der Waals surface area contributed by atoms with E-state index in [4.69, 9.17) is 9.41 Å². The Morgan fingerprint density at radius 3 is 2.61 bits per heavy atom. The molecule has 0 bridgehead atoms. The summed E-state index contributed by atoms with van der Waals surface area (Å²) in [7, 11) is 2.11. The first-order chi connectivity index (χ1) is 13.7. The molecule has 0 aliphatic rings. The smallest absolute Gasteiger partial charge is 0.191 e. The van der Waals surface area contributed by atoms with Gasteiger partial charge in [0.05, 0.1) is 19.4 Å². The van der Waals surface area contributed by atoms with Crippen molar-refractivity contribution >= 4 is 17.7 Å². The summed E-state index contributed by atoms with van der Waals surface area (Å²) in [5, 5.41) is 6.79. The maximum absolute atomic E-state index is 5.46. The maximum Gasteiger partial charge on any atom is 0.191 e. The van der Waals surface area contributed by atoms with Gasteiger partial charge in [0.25, 0.3) is 0 Å². The number of nitrogens with one attached hydrogen (secondary N) is 2. The van der Waals surface area contributed by atoms with Crippen molar-refractivity contribution in [1.82, 2.24) is 15.5 Å². The van der Waals surface area contributed by atoms with E-state index in [1.807, 2.05) is 23.9 Å². The average Bonchev–Trinajstić information content (AvgIpc) is 3.19. The monoisotopic (exact) mass is 402 g/mol. The van der Waals surface area contributed by atoms with Gasteiger partial charge in [0.15, 0.2) is 5.96 Å². The molecular weight excluding hydrogens is 368 g/mol. The number of guanidine groups is 1. The van der Waals surface area contributed by atoms with Crippen molar-refractivity contribution in [3.05, 3.63) is 59.5 Å². The molecule has 0 saturated carbocycles. The molecule has 154 valence electrons. The Hall–Kier alpha value is -1.92. The second-order valence-electron chi connectivity index (χ2n) is 6.84. The number of aliphatic imine (C=N–C) groups is 1. The largest absolute Gasteiger partial charge is 0.468 e. The number of nitrogens with zero attached hydrogens (tertiary/aromatic N) is 2. The Kier molecular flexibility index (Phi) is 10.6. The molecule has 0 aliphatic carbocycles. The number of furan rings is 1. The van der Waals surface area contributed by atoms with E-state index in [2.05, 4.69) is 60.0 Å². The van der Waals surface area contributed by atoms with E-state index in [1.165, 1.54) is 29.7 Å². The van der Waals surface area contributed by atoms with Gasteiger partial charge >= 0.3 is 0 Å². The van der Waals surface area contributed by atoms with Crippen LogP contribution in [0.4, 0.5) is 0 Å². The molecule has 5 nitrogen and oxygen atoms in total. The molecule has 1 heterocycles. The Morgan fingerprint density at radius 2 is 1.89 bits per heavy atom. The van der Waals surface area contributed by atoms with Gasteiger partial charge in [-0.25, -0.2) is 4.99 Å². The Bertz CT molecular complexity index is 688. The molecule has 0 spiro atoms. The fourth-order valence-electron chi connectivity index (χ4n) is 2.97. The number of rotatable bonds is 12. The lowest BCUT2D eigenvalue weighted by atomic mass is 10.1. The van der Waals surface area contributed by atoms with E-state index in [9.17, 15) is 0 Å². The van der Waals surface area contributed by atoms with Crippen LogP contribution in [0.1, 0.15) is 36.7 Å². The van der Waals surface area contributed by atoms with Crippen LogP contribution in [0.15, 0.2) is 52.1 Å². The van der Waals surface area contributed by atoms with Gasteiger partial charge in [0.2, 0.25) is 0 Å². The standard InChI is InChI=1S/C22H34N4OS/c1-4-23-22(24-13-7-8-15-28-3)25-16-19-10-5-6-11-20(19)17-26(2)18-21-12-9-14-27-21/h5-6,9-12,14H,4,7-8,13,15-18H2,1-3H3,(H2,23,24,25). The second kappa shape index (κ2) is 13.3. The van der Waals surface area contributed by atoms with Crippen LogP contribution in [0, 0.1) is 0 Å². The Labute approximate surface area is 174 Å². The van der Waals surface area contributed by atoms with Crippen molar-refractivity contribution in [2.45, 2.75) is 39.4 Å². The van der Waals surface area contributed by atoms with Gasteiger partial charge in [-0.05, 0) is 62.1 Å². The molecule has 2 N–H and O–H groups in total. The summed E-state index contributed by atoms with van der Waals surface area (Å²) in [5.41, 5.74) is 2.56. The van der Waals surface area contributed by atoms with Crippen LogP contribution in [0.5, 0.6) is 0 Å². The average molecular weight is 403 g/mol. The molecule has 1 aromatic heterocycles. The van der Waals surface area contributed by atoms with Crippen LogP contribution in [-0.2, 0) is 19.6 Å². The lowest BCUT2D eigenvalue weighted by Gasteiger charge is -2.17. The molecule has 2 aromatic rings. The highest BCUT2D eigenvalue weighted by Gasteiger charge is 2.08. The molecule has 0 radical (unpaired) electrons. The highest BCUT2D eigenvalue weighted by molar-refractivity contribution is 7.98. The zero-order valence-electron chi connectivity index (χ0n) is 17.4. The van der Waals surface area contributed by atoms with Gasteiger partial charge in [-0.1, -0.05) is 24.3 Å². The summed E-state index contributed by atoms with van der Waals surface area (Å²) in [4.78, 5) is 7.06.